The zero-order valence-corrected chi connectivity index (χ0v) is 13.7. The third kappa shape index (κ3) is 4.11. The lowest BCUT2D eigenvalue weighted by Gasteiger charge is -2.26. The van der Waals surface area contributed by atoms with Crippen LogP contribution in [0, 0.1) is 0 Å². The fourth-order valence-electron chi connectivity index (χ4n) is 1.92. The van der Waals surface area contributed by atoms with Gasteiger partial charge in [0.1, 0.15) is 0 Å². The monoisotopic (exact) mass is 294 g/mol. The second-order valence-corrected chi connectivity index (χ2v) is 5.59. The molecule has 0 bridgehead atoms. The van der Waals surface area contributed by atoms with E-state index in [-0.39, 0.29) is 11.9 Å². The fourth-order valence-corrected chi connectivity index (χ4v) is 1.92. The summed E-state index contributed by atoms with van der Waals surface area (Å²) in [5.41, 5.74) is 0.238. The summed E-state index contributed by atoms with van der Waals surface area (Å²) in [5, 5.41) is 6.06. The Hall–Kier alpha value is -1.75. The second-order valence-electron chi connectivity index (χ2n) is 5.59. The van der Waals surface area contributed by atoms with Gasteiger partial charge in [0.05, 0.1) is 19.6 Å². The minimum absolute atomic E-state index is 0.0168. The molecule has 21 heavy (non-hydrogen) atoms. The number of amides is 1. The lowest BCUT2D eigenvalue weighted by molar-refractivity contribution is -0.125. The van der Waals surface area contributed by atoms with Crippen molar-refractivity contribution in [3.63, 3.8) is 0 Å². The Bertz CT molecular complexity index is 486. The van der Waals surface area contributed by atoms with Crippen LogP contribution in [0.3, 0.4) is 0 Å². The maximum Gasteiger partial charge on any atom is 0.230 e. The Morgan fingerprint density at radius 1 is 1.24 bits per heavy atom. The first-order valence-corrected chi connectivity index (χ1v) is 7.04. The quantitative estimate of drug-likeness (QED) is 0.803. The smallest absolute Gasteiger partial charge is 0.230 e. The molecule has 1 atom stereocenters. The molecule has 1 aromatic carbocycles. The molecule has 0 fully saturated rings. The minimum Gasteiger partial charge on any atom is -0.493 e. The molecule has 1 amide bonds. The Morgan fingerprint density at radius 2 is 1.86 bits per heavy atom. The molecule has 0 aliphatic heterocycles. The largest absolute Gasteiger partial charge is 0.493 e. The van der Waals surface area contributed by atoms with Crippen molar-refractivity contribution in [2.24, 2.45) is 0 Å². The zero-order chi connectivity index (χ0) is 16.0. The van der Waals surface area contributed by atoms with E-state index in [0.29, 0.717) is 18.0 Å². The van der Waals surface area contributed by atoms with E-state index in [1.807, 2.05) is 46.0 Å². The van der Waals surface area contributed by atoms with Crippen LogP contribution in [-0.2, 0) is 10.2 Å². The van der Waals surface area contributed by atoms with E-state index in [4.69, 9.17) is 9.47 Å². The van der Waals surface area contributed by atoms with Crippen LogP contribution in [0.2, 0.25) is 0 Å². The van der Waals surface area contributed by atoms with Gasteiger partial charge in [-0.2, -0.15) is 0 Å². The molecule has 1 aromatic rings. The maximum atomic E-state index is 12.4. The number of hydrogen-bond donors (Lipinski definition) is 2. The van der Waals surface area contributed by atoms with Crippen molar-refractivity contribution in [2.45, 2.75) is 32.2 Å². The highest BCUT2D eigenvalue weighted by atomic mass is 16.5. The van der Waals surface area contributed by atoms with Gasteiger partial charge in [0.2, 0.25) is 5.91 Å². The van der Waals surface area contributed by atoms with E-state index in [1.165, 1.54) is 0 Å². The molecule has 0 aliphatic rings. The average Bonchev–Trinajstić information content (AvgIpc) is 2.50. The van der Waals surface area contributed by atoms with Gasteiger partial charge >= 0.3 is 0 Å². The molecule has 118 valence electrons. The van der Waals surface area contributed by atoms with Crippen LogP contribution in [0.1, 0.15) is 26.3 Å². The van der Waals surface area contributed by atoms with E-state index in [0.717, 1.165) is 5.56 Å². The van der Waals surface area contributed by atoms with E-state index < -0.39 is 5.41 Å². The van der Waals surface area contributed by atoms with Crippen molar-refractivity contribution in [3.8, 4) is 11.5 Å². The lowest BCUT2D eigenvalue weighted by Crippen LogP contribution is -2.45. The Labute approximate surface area is 127 Å². The summed E-state index contributed by atoms with van der Waals surface area (Å²) in [6, 6.07) is 5.79. The molecule has 1 rings (SSSR count). The third-order valence-electron chi connectivity index (χ3n) is 3.73. The Kier molecular flexibility index (Phi) is 6.03. The number of likely N-dealkylation sites (N-methyl/N-ethyl adjacent to an activating group) is 1. The van der Waals surface area contributed by atoms with Gasteiger partial charge < -0.3 is 20.1 Å². The number of carbonyl (C=O) groups is 1. The number of carbonyl (C=O) groups excluding carboxylic acids is 1. The standard InChI is InChI=1S/C16H26N2O3/c1-11(17-4)10-18-15(19)16(2,3)12-7-8-13(20-5)14(9-12)21-6/h7-9,11,17H,10H2,1-6H3,(H,18,19). The first-order valence-electron chi connectivity index (χ1n) is 7.04. The van der Waals surface area contributed by atoms with Gasteiger partial charge in [0, 0.05) is 12.6 Å². The van der Waals surface area contributed by atoms with Gasteiger partial charge in [-0.1, -0.05) is 6.07 Å². The average molecular weight is 294 g/mol. The summed E-state index contributed by atoms with van der Waals surface area (Å²) in [5.74, 6) is 1.26. The molecule has 0 heterocycles. The van der Waals surface area contributed by atoms with Crippen molar-refractivity contribution in [2.75, 3.05) is 27.8 Å². The molecular weight excluding hydrogens is 268 g/mol. The molecule has 0 spiro atoms. The normalized spacial score (nSPS) is 12.7. The van der Waals surface area contributed by atoms with Crippen molar-refractivity contribution in [1.82, 2.24) is 10.6 Å². The summed E-state index contributed by atoms with van der Waals surface area (Å²) in [4.78, 5) is 12.4. The SMILES string of the molecule is CNC(C)CNC(=O)C(C)(C)c1ccc(OC)c(OC)c1. The molecule has 0 radical (unpaired) electrons. The predicted octanol–water partition coefficient (Wildman–Crippen LogP) is 1.71. The molecule has 5 nitrogen and oxygen atoms in total. The van der Waals surface area contributed by atoms with Gasteiger partial charge in [-0.25, -0.2) is 0 Å². The van der Waals surface area contributed by atoms with Gasteiger partial charge in [0.25, 0.3) is 0 Å². The fraction of sp³-hybridized carbons (Fsp3) is 0.562. The number of nitrogens with one attached hydrogen (secondary N) is 2. The van der Waals surface area contributed by atoms with Crippen molar-refractivity contribution < 1.29 is 14.3 Å². The summed E-state index contributed by atoms with van der Waals surface area (Å²) < 4.78 is 10.5. The number of ether oxygens (including phenoxy) is 2. The van der Waals surface area contributed by atoms with E-state index in [1.54, 1.807) is 14.2 Å². The first kappa shape index (κ1) is 17.3. The van der Waals surface area contributed by atoms with Crippen LogP contribution in [0.25, 0.3) is 0 Å². The van der Waals surface area contributed by atoms with Crippen LogP contribution < -0.4 is 20.1 Å². The molecule has 0 saturated carbocycles. The molecule has 5 heteroatoms. The van der Waals surface area contributed by atoms with Gasteiger partial charge in [-0.3, -0.25) is 4.79 Å². The van der Waals surface area contributed by atoms with Crippen LogP contribution in [-0.4, -0.2) is 39.8 Å². The molecular formula is C16H26N2O3. The number of methoxy groups -OCH3 is 2. The lowest BCUT2D eigenvalue weighted by atomic mass is 9.83. The van der Waals surface area contributed by atoms with Crippen LogP contribution >= 0.6 is 0 Å². The highest BCUT2D eigenvalue weighted by Crippen LogP contribution is 2.33. The van der Waals surface area contributed by atoms with E-state index in [2.05, 4.69) is 10.6 Å². The van der Waals surface area contributed by atoms with Crippen LogP contribution in [0.5, 0.6) is 11.5 Å². The van der Waals surface area contributed by atoms with Crippen molar-refractivity contribution in [3.05, 3.63) is 23.8 Å². The predicted molar refractivity (Wildman–Crippen MR) is 84.1 cm³/mol. The van der Waals surface area contributed by atoms with Gasteiger partial charge in [-0.05, 0) is 45.5 Å². The summed E-state index contributed by atoms with van der Waals surface area (Å²) in [6.45, 7) is 6.40. The molecule has 2 N–H and O–H groups in total. The highest BCUT2D eigenvalue weighted by molar-refractivity contribution is 5.87. The molecule has 0 saturated heterocycles. The Balaban J connectivity index is 2.93. The van der Waals surface area contributed by atoms with E-state index in [9.17, 15) is 4.79 Å². The third-order valence-corrected chi connectivity index (χ3v) is 3.73. The van der Waals surface area contributed by atoms with Gasteiger partial charge in [-0.15, -0.1) is 0 Å². The van der Waals surface area contributed by atoms with Crippen LogP contribution in [0.15, 0.2) is 18.2 Å². The summed E-state index contributed by atoms with van der Waals surface area (Å²) in [6.07, 6.45) is 0. The van der Waals surface area contributed by atoms with Crippen LogP contribution in [0.4, 0.5) is 0 Å². The van der Waals surface area contributed by atoms with E-state index >= 15 is 0 Å². The number of hydrogen-bond acceptors (Lipinski definition) is 4. The van der Waals surface area contributed by atoms with Crippen molar-refractivity contribution >= 4 is 5.91 Å². The minimum atomic E-state index is -0.646. The first-order chi connectivity index (χ1) is 9.86. The van der Waals surface area contributed by atoms with Crippen molar-refractivity contribution in [1.29, 1.82) is 0 Å². The Morgan fingerprint density at radius 3 is 2.38 bits per heavy atom. The molecule has 0 aromatic heterocycles. The number of rotatable bonds is 7. The summed E-state index contributed by atoms with van der Waals surface area (Å²) >= 11 is 0. The zero-order valence-electron chi connectivity index (χ0n) is 13.7. The second kappa shape index (κ2) is 7.31. The topological polar surface area (TPSA) is 59.6 Å². The summed E-state index contributed by atoms with van der Waals surface area (Å²) in [7, 11) is 5.05. The highest BCUT2D eigenvalue weighted by Gasteiger charge is 2.30. The van der Waals surface area contributed by atoms with Gasteiger partial charge in [0.15, 0.2) is 11.5 Å². The maximum absolute atomic E-state index is 12.4. The molecule has 0 aliphatic carbocycles. The number of benzene rings is 1. The molecule has 1 unspecified atom stereocenters.